The van der Waals surface area contributed by atoms with Crippen LogP contribution in [0.25, 0.3) is 0 Å². The Hall–Kier alpha value is -0.570. The van der Waals surface area contributed by atoms with Crippen LogP contribution in [0.3, 0.4) is 0 Å². The molecule has 0 amide bonds. The molecule has 3 nitrogen and oxygen atoms in total. The number of hydrogen-bond acceptors (Lipinski definition) is 3. The fraction of sp³-hybridized carbons (Fsp3) is 0.923. The van der Waals surface area contributed by atoms with Gasteiger partial charge in [-0.2, -0.15) is 0 Å². The fourth-order valence-corrected chi connectivity index (χ4v) is 2.73. The van der Waals surface area contributed by atoms with E-state index in [1.165, 1.54) is 19.3 Å². The highest BCUT2D eigenvalue weighted by Gasteiger charge is 2.39. The lowest BCUT2D eigenvalue weighted by molar-refractivity contribution is -0.163. The first-order valence-corrected chi connectivity index (χ1v) is 6.54. The summed E-state index contributed by atoms with van der Waals surface area (Å²) in [5, 5.41) is 3.24. The van der Waals surface area contributed by atoms with E-state index in [9.17, 15) is 4.79 Å². The van der Waals surface area contributed by atoms with Crippen molar-refractivity contribution in [3.05, 3.63) is 0 Å². The van der Waals surface area contributed by atoms with Crippen molar-refractivity contribution in [2.24, 2.45) is 11.3 Å². The predicted molar refractivity (Wildman–Crippen MR) is 63.1 cm³/mol. The lowest BCUT2D eigenvalue weighted by Crippen LogP contribution is -2.37. The van der Waals surface area contributed by atoms with E-state index < -0.39 is 0 Å². The summed E-state index contributed by atoms with van der Waals surface area (Å²) in [7, 11) is 0. The molecule has 0 aromatic heterocycles. The monoisotopic (exact) mass is 225 g/mol. The number of esters is 1. The van der Waals surface area contributed by atoms with Gasteiger partial charge in [0.15, 0.2) is 0 Å². The molecule has 1 aliphatic heterocycles. The van der Waals surface area contributed by atoms with E-state index in [1.807, 2.05) is 6.92 Å². The van der Waals surface area contributed by atoms with Gasteiger partial charge in [-0.05, 0) is 45.1 Å². The van der Waals surface area contributed by atoms with E-state index in [2.05, 4.69) is 12.2 Å². The van der Waals surface area contributed by atoms with Crippen molar-refractivity contribution >= 4 is 5.97 Å². The van der Waals surface area contributed by atoms with Crippen molar-refractivity contribution in [1.82, 2.24) is 5.32 Å². The molecular formula is C13H23NO2. The molecule has 1 saturated heterocycles. The molecular weight excluding hydrogens is 202 g/mol. The van der Waals surface area contributed by atoms with E-state index in [0.29, 0.717) is 5.92 Å². The largest absolute Gasteiger partial charge is 0.462 e. The molecule has 0 aromatic carbocycles. The Bertz CT molecular complexity index is 259. The molecule has 1 saturated carbocycles. The summed E-state index contributed by atoms with van der Waals surface area (Å²) in [5.74, 6) is 0.548. The van der Waals surface area contributed by atoms with E-state index in [0.717, 1.165) is 25.9 Å². The number of nitrogens with one attached hydrogen (secondary N) is 1. The van der Waals surface area contributed by atoms with E-state index in [-0.39, 0.29) is 17.5 Å². The van der Waals surface area contributed by atoms with Crippen LogP contribution in [0, 0.1) is 11.3 Å². The maximum absolute atomic E-state index is 12.1. The molecule has 3 unspecified atom stereocenters. The summed E-state index contributed by atoms with van der Waals surface area (Å²) in [5.41, 5.74) is -0.281. The smallest absolute Gasteiger partial charge is 0.313 e. The number of hydrogen-bond donors (Lipinski definition) is 1. The Balaban J connectivity index is 1.90. The van der Waals surface area contributed by atoms with Crippen molar-refractivity contribution in [1.29, 1.82) is 0 Å². The minimum Gasteiger partial charge on any atom is -0.462 e. The van der Waals surface area contributed by atoms with Crippen molar-refractivity contribution in [2.45, 2.75) is 52.1 Å². The van der Waals surface area contributed by atoms with Crippen molar-refractivity contribution in [3.8, 4) is 0 Å². The van der Waals surface area contributed by atoms with Gasteiger partial charge in [0.25, 0.3) is 0 Å². The van der Waals surface area contributed by atoms with Crippen molar-refractivity contribution in [2.75, 3.05) is 13.1 Å². The predicted octanol–water partition coefficient (Wildman–Crippen LogP) is 2.11. The van der Waals surface area contributed by atoms with Crippen LogP contribution in [-0.2, 0) is 9.53 Å². The van der Waals surface area contributed by atoms with Gasteiger partial charge in [0, 0.05) is 6.54 Å². The molecule has 2 aliphatic rings. The first-order valence-electron chi connectivity index (χ1n) is 6.54. The van der Waals surface area contributed by atoms with Gasteiger partial charge in [0.1, 0.15) is 6.10 Å². The maximum Gasteiger partial charge on any atom is 0.313 e. The van der Waals surface area contributed by atoms with E-state index in [1.54, 1.807) is 0 Å². The van der Waals surface area contributed by atoms with E-state index >= 15 is 0 Å². The zero-order chi connectivity index (χ0) is 11.6. The van der Waals surface area contributed by atoms with E-state index in [4.69, 9.17) is 4.74 Å². The second kappa shape index (κ2) is 4.74. The van der Waals surface area contributed by atoms with Gasteiger partial charge < -0.3 is 10.1 Å². The molecule has 0 aromatic rings. The Kier molecular flexibility index (Phi) is 3.53. The summed E-state index contributed by atoms with van der Waals surface area (Å²) < 4.78 is 5.71. The van der Waals surface area contributed by atoms with Gasteiger partial charge >= 0.3 is 5.97 Å². The summed E-state index contributed by atoms with van der Waals surface area (Å²) >= 11 is 0. The van der Waals surface area contributed by atoms with Crippen LogP contribution in [-0.4, -0.2) is 25.2 Å². The molecule has 92 valence electrons. The fourth-order valence-electron chi connectivity index (χ4n) is 2.73. The highest BCUT2D eigenvalue weighted by atomic mass is 16.5. The molecule has 3 heteroatoms. The van der Waals surface area contributed by atoms with Crippen LogP contribution < -0.4 is 5.32 Å². The van der Waals surface area contributed by atoms with Crippen molar-refractivity contribution in [3.63, 3.8) is 0 Å². The van der Waals surface area contributed by atoms with Crippen molar-refractivity contribution < 1.29 is 9.53 Å². The van der Waals surface area contributed by atoms with Gasteiger partial charge in [-0.25, -0.2) is 0 Å². The number of carbonyl (C=O) groups is 1. The topological polar surface area (TPSA) is 38.3 Å². The third kappa shape index (κ3) is 2.40. The van der Waals surface area contributed by atoms with Gasteiger partial charge in [-0.3, -0.25) is 4.79 Å². The second-order valence-corrected chi connectivity index (χ2v) is 5.69. The Labute approximate surface area is 97.9 Å². The molecule has 0 spiro atoms. The van der Waals surface area contributed by atoms with Crippen LogP contribution in [0.1, 0.15) is 46.0 Å². The molecule has 1 N–H and O–H groups in total. The third-order valence-electron chi connectivity index (χ3n) is 4.15. The SMILES string of the molecule is CC1CCCCC1OC(=O)C1(C)CCNC1. The van der Waals surface area contributed by atoms with Gasteiger partial charge in [0.05, 0.1) is 5.41 Å². The molecule has 1 heterocycles. The number of ether oxygens (including phenoxy) is 1. The first kappa shape index (κ1) is 11.9. The lowest BCUT2D eigenvalue weighted by atomic mass is 9.86. The first-order chi connectivity index (χ1) is 7.62. The zero-order valence-electron chi connectivity index (χ0n) is 10.4. The summed E-state index contributed by atoms with van der Waals surface area (Å²) in [6.45, 7) is 5.92. The molecule has 3 atom stereocenters. The van der Waals surface area contributed by atoms with Crippen LogP contribution >= 0.6 is 0 Å². The number of carbonyl (C=O) groups excluding carboxylic acids is 1. The maximum atomic E-state index is 12.1. The molecule has 2 rings (SSSR count). The summed E-state index contributed by atoms with van der Waals surface area (Å²) in [4.78, 5) is 12.1. The molecule has 2 fully saturated rings. The number of rotatable bonds is 2. The zero-order valence-corrected chi connectivity index (χ0v) is 10.4. The Morgan fingerprint density at radius 3 is 2.75 bits per heavy atom. The minimum atomic E-state index is -0.281. The Morgan fingerprint density at radius 1 is 1.38 bits per heavy atom. The normalized spacial score (nSPS) is 39.6. The van der Waals surface area contributed by atoms with Crippen LogP contribution in [0.15, 0.2) is 0 Å². The second-order valence-electron chi connectivity index (χ2n) is 5.69. The average Bonchev–Trinajstić information content (AvgIpc) is 2.70. The van der Waals surface area contributed by atoms with Crippen LogP contribution in [0.2, 0.25) is 0 Å². The standard InChI is InChI=1S/C13H23NO2/c1-10-5-3-4-6-11(10)16-12(15)13(2)7-8-14-9-13/h10-11,14H,3-9H2,1-2H3. The van der Waals surface area contributed by atoms with Gasteiger partial charge in [-0.1, -0.05) is 13.3 Å². The quantitative estimate of drug-likeness (QED) is 0.731. The van der Waals surface area contributed by atoms with Gasteiger partial charge in [0.2, 0.25) is 0 Å². The van der Waals surface area contributed by atoms with Crippen LogP contribution in [0.4, 0.5) is 0 Å². The molecule has 16 heavy (non-hydrogen) atoms. The average molecular weight is 225 g/mol. The minimum absolute atomic E-state index is 0.0104. The third-order valence-corrected chi connectivity index (χ3v) is 4.15. The van der Waals surface area contributed by atoms with Crippen LogP contribution in [0.5, 0.6) is 0 Å². The molecule has 0 bridgehead atoms. The highest BCUT2D eigenvalue weighted by Crippen LogP contribution is 2.31. The molecule has 1 aliphatic carbocycles. The molecule has 0 radical (unpaired) electrons. The van der Waals surface area contributed by atoms with Gasteiger partial charge in [-0.15, -0.1) is 0 Å². The Morgan fingerprint density at radius 2 is 2.12 bits per heavy atom. The highest BCUT2D eigenvalue weighted by molar-refractivity contribution is 5.77. The lowest BCUT2D eigenvalue weighted by Gasteiger charge is -2.31. The summed E-state index contributed by atoms with van der Waals surface area (Å²) in [6, 6.07) is 0. The summed E-state index contributed by atoms with van der Waals surface area (Å²) in [6.07, 6.45) is 5.82.